The number of anilines is 1. The summed E-state index contributed by atoms with van der Waals surface area (Å²) in [4.78, 5) is 23.8. The second kappa shape index (κ2) is 7.52. The van der Waals surface area contributed by atoms with Gasteiger partial charge in [0.05, 0.1) is 24.5 Å². The average Bonchev–Trinajstić information content (AvgIpc) is 3.52. The van der Waals surface area contributed by atoms with Crippen LogP contribution in [0.4, 0.5) is 10.5 Å². The van der Waals surface area contributed by atoms with Gasteiger partial charge in [0.1, 0.15) is 11.4 Å². The van der Waals surface area contributed by atoms with E-state index >= 15 is 0 Å². The van der Waals surface area contributed by atoms with Crippen molar-refractivity contribution in [2.75, 3.05) is 18.0 Å². The number of hydrogen-bond acceptors (Lipinski definition) is 6. The predicted octanol–water partition coefficient (Wildman–Crippen LogP) is 3.06. The van der Waals surface area contributed by atoms with Crippen LogP contribution >= 0.6 is 11.3 Å². The SMILES string of the molecule is O=C1NC(=NC2CCCC2)C2(CCN([S+](=O)([O-])c3cccs3)C2)N1c1cccnc1. The van der Waals surface area contributed by atoms with Crippen LogP contribution in [0.15, 0.2) is 51.2 Å². The summed E-state index contributed by atoms with van der Waals surface area (Å²) >= 11 is 1.21. The van der Waals surface area contributed by atoms with Crippen LogP contribution in [0, 0.1) is 0 Å². The third kappa shape index (κ3) is 3.18. The summed E-state index contributed by atoms with van der Waals surface area (Å²) in [6.45, 7) is 0.502. The standard InChI is InChI=1S/C20H23N5O3S2/c26-19-23-18(22-15-5-1-2-6-15)20(25(19)16-7-3-10-21-13-16)9-11-24(14-20)30(27,28)17-8-4-12-29-17/h3-4,7-8,10,12-13,15H,1-2,5-6,9,11,14H2,(H-,22,23,26,27,28). The number of nitrogens with one attached hydrogen (secondary N) is 1. The van der Waals surface area contributed by atoms with Crippen LogP contribution in [0.25, 0.3) is 0 Å². The maximum absolute atomic E-state index is 13.2. The van der Waals surface area contributed by atoms with E-state index in [1.807, 2.05) is 6.07 Å². The van der Waals surface area contributed by atoms with E-state index in [2.05, 4.69) is 10.3 Å². The molecule has 30 heavy (non-hydrogen) atoms. The van der Waals surface area contributed by atoms with E-state index in [0.717, 1.165) is 25.7 Å². The quantitative estimate of drug-likeness (QED) is 0.731. The van der Waals surface area contributed by atoms with Gasteiger partial charge in [0.15, 0.2) is 10.4 Å². The summed E-state index contributed by atoms with van der Waals surface area (Å²) in [7, 11) is -3.62. The molecule has 0 radical (unpaired) electrons. The molecule has 1 aliphatic carbocycles. The number of hydrogen-bond donors (Lipinski definition) is 1. The number of urea groups is 1. The minimum absolute atomic E-state index is 0.173. The number of thiophene rings is 1. The van der Waals surface area contributed by atoms with Gasteiger partial charge in [0, 0.05) is 18.8 Å². The zero-order valence-corrected chi connectivity index (χ0v) is 18.0. The van der Waals surface area contributed by atoms with Crippen LogP contribution in [0.2, 0.25) is 0 Å². The van der Waals surface area contributed by atoms with Crippen LogP contribution < -0.4 is 10.2 Å². The maximum atomic E-state index is 13.2. The number of amidine groups is 1. The van der Waals surface area contributed by atoms with Crippen LogP contribution in [-0.4, -0.2) is 50.4 Å². The first kappa shape index (κ1) is 19.8. The zero-order valence-electron chi connectivity index (χ0n) is 16.4. The number of carbonyl (C=O) groups excluding carboxylic acids is 1. The van der Waals surface area contributed by atoms with Crippen molar-refractivity contribution in [3.05, 3.63) is 42.0 Å². The van der Waals surface area contributed by atoms with Crippen molar-refractivity contribution in [3.63, 3.8) is 0 Å². The molecule has 2 aromatic rings. The molecule has 2 amide bonds. The lowest BCUT2D eigenvalue weighted by Gasteiger charge is -2.33. The van der Waals surface area contributed by atoms with E-state index in [1.165, 1.54) is 15.6 Å². The van der Waals surface area contributed by atoms with Gasteiger partial charge in [-0.2, -0.15) is 0 Å². The Morgan fingerprint density at radius 2 is 2.13 bits per heavy atom. The first-order valence-corrected chi connectivity index (χ1v) is 12.5. The minimum atomic E-state index is -3.62. The molecule has 2 atom stereocenters. The fraction of sp³-hybridized carbons (Fsp3) is 0.450. The molecule has 2 aliphatic heterocycles. The topological polar surface area (TPSA) is 101 Å². The molecular weight excluding hydrogens is 422 g/mol. The molecule has 8 nitrogen and oxygen atoms in total. The molecule has 1 spiro atoms. The molecule has 0 bridgehead atoms. The highest BCUT2D eigenvalue weighted by molar-refractivity contribution is 7.97. The molecule has 1 N–H and O–H groups in total. The van der Waals surface area contributed by atoms with E-state index in [4.69, 9.17) is 4.99 Å². The number of nitrogens with zero attached hydrogens (tertiary/aromatic N) is 4. The van der Waals surface area contributed by atoms with Crippen molar-refractivity contribution in [2.24, 2.45) is 4.99 Å². The Bertz CT molecular complexity index is 1010. The monoisotopic (exact) mass is 445 g/mol. The number of aromatic nitrogens is 1. The van der Waals surface area contributed by atoms with Gasteiger partial charge in [-0.3, -0.25) is 20.2 Å². The smallest absolute Gasteiger partial charge is 0.328 e. The molecule has 158 valence electrons. The largest absolute Gasteiger partial charge is 0.592 e. The average molecular weight is 446 g/mol. The van der Waals surface area contributed by atoms with Gasteiger partial charge in [0.25, 0.3) is 0 Å². The second-order valence-corrected chi connectivity index (χ2v) is 11.1. The molecule has 3 fully saturated rings. The number of aliphatic imine (C=N–C) groups is 1. The van der Waals surface area contributed by atoms with Gasteiger partial charge < -0.3 is 4.55 Å². The molecule has 2 aromatic heterocycles. The molecular formula is C20H23N5O3S2. The van der Waals surface area contributed by atoms with Gasteiger partial charge in [-0.15, -0.1) is 4.31 Å². The van der Waals surface area contributed by atoms with Crippen molar-refractivity contribution < 1.29 is 13.6 Å². The molecule has 3 aliphatic rings. The Kier molecular flexibility index (Phi) is 4.97. The highest BCUT2D eigenvalue weighted by Crippen LogP contribution is 2.41. The van der Waals surface area contributed by atoms with Crippen LogP contribution in [0.1, 0.15) is 32.1 Å². The minimum Gasteiger partial charge on any atom is -0.592 e. The van der Waals surface area contributed by atoms with Crippen molar-refractivity contribution in [1.29, 1.82) is 0 Å². The van der Waals surface area contributed by atoms with Crippen LogP contribution in [0.3, 0.4) is 0 Å². The van der Waals surface area contributed by atoms with E-state index in [0.29, 0.717) is 28.7 Å². The van der Waals surface area contributed by atoms with Crippen molar-refractivity contribution in [1.82, 2.24) is 14.6 Å². The third-order valence-electron chi connectivity index (χ3n) is 6.14. The third-order valence-corrected chi connectivity index (χ3v) is 9.36. The highest BCUT2D eigenvalue weighted by Gasteiger charge is 2.59. The summed E-state index contributed by atoms with van der Waals surface area (Å²) < 4.78 is 28.1. The number of amides is 2. The summed E-state index contributed by atoms with van der Waals surface area (Å²) in [6, 6.07) is 6.85. The normalized spacial score (nSPS) is 28.5. The molecule has 5 rings (SSSR count). The summed E-state index contributed by atoms with van der Waals surface area (Å²) in [5.74, 6) is 0.590. The van der Waals surface area contributed by atoms with E-state index < -0.39 is 15.9 Å². The predicted molar refractivity (Wildman–Crippen MR) is 115 cm³/mol. The lowest BCUT2D eigenvalue weighted by molar-refractivity contribution is 0.251. The van der Waals surface area contributed by atoms with Gasteiger partial charge in [-0.25, -0.2) is 4.79 Å². The number of sulfonamides is 1. The number of rotatable bonds is 4. The summed E-state index contributed by atoms with van der Waals surface area (Å²) in [6.07, 6.45) is 8.03. The molecule has 1 saturated carbocycles. The van der Waals surface area contributed by atoms with Crippen molar-refractivity contribution in [2.45, 2.75) is 47.9 Å². The second-order valence-electron chi connectivity index (χ2n) is 7.95. The molecule has 0 aromatic carbocycles. The van der Waals surface area contributed by atoms with E-state index in [-0.39, 0.29) is 18.6 Å². The maximum Gasteiger partial charge on any atom is 0.328 e. The lowest BCUT2D eigenvalue weighted by atomic mass is 9.95. The van der Waals surface area contributed by atoms with Gasteiger partial charge >= 0.3 is 6.03 Å². The van der Waals surface area contributed by atoms with Gasteiger partial charge in [0.2, 0.25) is 4.21 Å². The first-order chi connectivity index (χ1) is 14.5. The van der Waals surface area contributed by atoms with Crippen LogP contribution in [-0.2, 0) is 14.6 Å². The van der Waals surface area contributed by atoms with E-state index in [1.54, 1.807) is 40.9 Å². The van der Waals surface area contributed by atoms with Gasteiger partial charge in [-0.1, -0.05) is 28.4 Å². The Labute approximate surface area is 180 Å². The molecule has 4 heterocycles. The molecule has 2 unspecified atom stereocenters. The molecule has 2 saturated heterocycles. The Morgan fingerprint density at radius 3 is 2.83 bits per heavy atom. The summed E-state index contributed by atoms with van der Waals surface area (Å²) in [5.41, 5.74) is -0.200. The molecule has 10 heteroatoms. The van der Waals surface area contributed by atoms with Crippen LogP contribution in [0.5, 0.6) is 0 Å². The fourth-order valence-electron chi connectivity index (χ4n) is 4.67. The fourth-order valence-corrected chi connectivity index (χ4v) is 7.31. The zero-order chi connectivity index (χ0) is 20.8. The lowest BCUT2D eigenvalue weighted by Crippen LogP contribution is -2.53. The van der Waals surface area contributed by atoms with Gasteiger partial charge in [-0.05, 0) is 42.8 Å². The highest BCUT2D eigenvalue weighted by atomic mass is 32.3. The number of carbonyl (C=O) groups is 1. The van der Waals surface area contributed by atoms with Crippen molar-refractivity contribution >= 4 is 39.3 Å². The van der Waals surface area contributed by atoms with Crippen molar-refractivity contribution in [3.8, 4) is 0 Å². The Hall–Kier alpha value is -2.14. The first-order valence-electron chi connectivity index (χ1n) is 10.1. The van der Waals surface area contributed by atoms with E-state index in [9.17, 15) is 13.6 Å². The Balaban J connectivity index is 1.55. The summed E-state index contributed by atoms with van der Waals surface area (Å²) in [5, 5.41) is 4.72. The number of pyridine rings is 1. The Morgan fingerprint density at radius 1 is 1.30 bits per heavy atom.